The number of anilines is 1. The van der Waals surface area contributed by atoms with Gasteiger partial charge in [0.1, 0.15) is 0 Å². The molecule has 0 aliphatic carbocycles. The largest absolute Gasteiger partial charge is 0.368 e. The van der Waals surface area contributed by atoms with Crippen molar-refractivity contribution in [2.24, 2.45) is 5.92 Å². The number of nitrogens with zero attached hydrogens (tertiary/aromatic N) is 1. The quantitative estimate of drug-likeness (QED) is 0.811. The molecule has 2 atom stereocenters. The first-order chi connectivity index (χ1) is 7.33. The van der Waals surface area contributed by atoms with E-state index in [0.717, 1.165) is 12.5 Å². The average Bonchev–Trinajstić information content (AvgIpc) is 2.63. The molecule has 1 fully saturated rings. The number of nitrogens with one attached hydrogen (secondary N) is 1. The SMILES string of the molecule is CNCC1CCN(c2ccccc2)C1C. The van der Waals surface area contributed by atoms with E-state index >= 15 is 0 Å². The highest BCUT2D eigenvalue weighted by atomic mass is 15.2. The predicted molar refractivity (Wildman–Crippen MR) is 65.3 cm³/mol. The molecule has 2 nitrogen and oxygen atoms in total. The van der Waals surface area contributed by atoms with Crippen molar-refractivity contribution in [3.05, 3.63) is 30.3 Å². The number of hydrogen-bond acceptors (Lipinski definition) is 2. The summed E-state index contributed by atoms with van der Waals surface area (Å²) in [6, 6.07) is 11.4. The Morgan fingerprint density at radius 1 is 1.33 bits per heavy atom. The van der Waals surface area contributed by atoms with Gasteiger partial charge in [0.05, 0.1) is 0 Å². The Bertz CT molecular complexity index is 297. The maximum atomic E-state index is 3.29. The highest BCUT2D eigenvalue weighted by molar-refractivity contribution is 5.48. The summed E-state index contributed by atoms with van der Waals surface area (Å²) in [5.41, 5.74) is 1.36. The van der Waals surface area contributed by atoms with Crippen LogP contribution in [0.15, 0.2) is 30.3 Å². The molecule has 15 heavy (non-hydrogen) atoms. The van der Waals surface area contributed by atoms with Gasteiger partial charge in [0.15, 0.2) is 0 Å². The first kappa shape index (κ1) is 10.5. The van der Waals surface area contributed by atoms with E-state index in [9.17, 15) is 0 Å². The van der Waals surface area contributed by atoms with Gasteiger partial charge < -0.3 is 10.2 Å². The lowest BCUT2D eigenvalue weighted by Gasteiger charge is -2.26. The molecule has 0 aromatic heterocycles. The van der Waals surface area contributed by atoms with Crippen LogP contribution in [-0.4, -0.2) is 26.2 Å². The van der Waals surface area contributed by atoms with Crippen LogP contribution in [0.25, 0.3) is 0 Å². The van der Waals surface area contributed by atoms with Gasteiger partial charge in [-0.2, -0.15) is 0 Å². The van der Waals surface area contributed by atoms with Crippen LogP contribution < -0.4 is 10.2 Å². The van der Waals surface area contributed by atoms with Crippen molar-refractivity contribution in [3.8, 4) is 0 Å². The van der Waals surface area contributed by atoms with E-state index in [1.54, 1.807) is 0 Å². The first-order valence-electron chi connectivity index (χ1n) is 5.79. The Morgan fingerprint density at radius 3 is 2.73 bits per heavy atom. The van der Waals surface area contributed by atoms with Gasteiger partial charge in [-0.25, -0.2) is 0 Å². The molecule has 2 rings (SSSR count). The maximum Gasteiger partial charge on any atom is 0.0368 e. The third-order valence-corrected chi connectivity index (χ3v) is 3.47. The van der Waals surface area contributed by atoms with E-state index in [0.29, 0.717) is 6.04 Å². The van der Waals surface area contributed by atoms with Crippen molar-refractivity contribution in [2.45, 2.75) is 19.4 Å². The monoisotopic (exact) mass is 204 g/mol. The zero-order valence-electron chi connectivity index (χ0n) is 9.61. The summed E-state index contributed by atoms with van der Waals surface area (Å²) in [5, 5.41) is 3.29. The van der Waals surface area contributed by atoms with Crippen molar-refractivity contribution in [1.29, 1.82) is 0 Å². The van der Waals surface area contributed by atoms with Crippen LogP contribution >= 0.6 is 0 Å². The van der Waals surface area contributed by atoms with Gasteiger partial charge >= 0.3 is 0 Å². The highest BCUT2D eigenvalue weighted by Crippen LogP contribution is 2.28. The van der Waals surface area contributed by atoms with E-state index in [-0.39, 0.29) is 0 Å². The minimum Gasteiger partial charge on any atom is -0.368 e. The second-order valence-electron chi connectivity index (χ2n) is 4.38. The molecule has 0 radical (unpaired) electrons. The minimum absolute atomic E-state index is 0.653. The summed E-state index contributed by atoms with van der Waals surface area (Å²) in [4.78, 5) is 2.52. The molecule has 1 heterocycles. The molecule has 1 aliphatic rings. The van der Waals surface area contributed by atoms with Gasteiger partial charge in [0.25, 0.3) is 0 Å². The van der Waals surface area contributed by atoms with Gasteiger partial charge in [0.2, 0.25) is 0 Å². The number of rotatable bonds is 3. The van der Waals surface area contributed by atoms with E-state index in [1.165, 1.54) is 18.7 Å². The smallest absolute Gasteiger partial charge is 0.0368 e. The van der Waals surface area contributed by atoms with Crippen LogP contribution in [-0.2, 0) is 0 Å². The minimum atomic E-state index is 0.653. The van der Waals surface area contributed by atoms with E-state index < -0.39 is 0 Å². The summed E-state index contributed by atoms with van der Waals surface area (Å²) in [7, 11) is 2.04. The van der Waals surface area contributed by atoms with Crippen LogP contribution in [0.4, 0.5) is 5.69 Å². The zero-order valence-corrected chi connectivity index (χ0v) is 9.61. The Hall–Kier alpha value is -1.02. The standard InChI is InChI=1S/C13H20N2/c1-11-12(10-14-2)8-9-15(11)13-6-4-3-5-7-13/h3-7,11-12,14H,8-10H2,1-2H3. The second-order valence-corrected chi connectivity index (χ2v) is 4.38. The predicted octanol–water partition coefficient (Wildman–Crippen LogP) is 2.12. The third kappa shape index (κ3) is 2.15. The molecule has 1 N–H and O–H groups in total. The van der Waals surface area contributed by atoms with Crippen LogP contribution in [0.2, 0.25) is 0 Å². The lowest BCUT2D eigenvalue weighted by atomic mass is 10.0. The molecule has 0 spiro atoms. The molecule has 2 heteroatoms. The van der Waals surface area contributed by atoms with Crippen molar-refractivity contribution in [1.82, 2.24) is 5.32 Å². The van der Waals surface area contributed by atoms with Crippen molar-refractivity contribution in [2.75, 3.05) is 25.0 Å². The lowest BCUT2D eigenvalue weighted by Crippen LogP contribution is -2.33. The molecule has 2 unspecified atom stereocenters. The van der Waals surface area contributed by atoms with Gasteiger partial charge in [-0.3, -0.25) is 0 Å². The molecule has 0 bridgehead atoms. The van der Waals surface area contributed by atoms with Crippen LogP contribution in [0.1, 0.15) is 13.3 Å². The third-order valence-electron chi connectivity index (χ3n) is 3.47. The van der Waals surface area contributed by atoms with Crippen LogP contribution in [0.5, 0.6) is 0 Å². The summed E-state index contributed by atoms with van der Waals surface area (Å²) < 4.78 is 0. The molecule has 1 aromatic rings. The molecule has 0 amide bonds. The Kier molecular flexibility index (Phi) is 3.27. The molecule has 1 aromatic carbocycles. The van der Waals surface area contributed by atoms with Gasteiger partial charge in [0, 0.05) is 18.3 Å². The number of hydrogen-bond donors (Lipinski definition) is 1. The molecule has 1 aliphatic heterocycles. The fourth-order valence-electron chi connectivity index (χ4n) is 2.52. The zero-order chi connectivity index (χ0) is 10.7. The Labute approximate surface area is 92.3 Å². The summed E-state index contributed by atoms with van der Waals surface area (Å²) >= 11 is 0. The molecule has 1 saturated heterocycles. The number of para-hydroxylation sites is 1. The maximum absolute atomic E-state index is 3.29. The summed E-state index contributed by atoms with van der Waals surface area (Å²) in [6.07, 6.45) is 1.30. The van der Waals surface area contributed by atoms with Gasteiger partial charge in [-0.1, -0.05) is 18.2 Å². The fraction of sp³-hybridized carbons (Fsp3) is 0.538. The fourth-order valence-corrected chi connectivity index (χ4v) is 2.52. The lowest BCUT2D eigenvalue weighted by molar-refractivity contribution is 0.474. The Balaban J connectivity index is 2.07. The topological polar surface area (TPSA) is 15.3 Å². The molecule has 0 saturated carbocycles. The highest BCUT2D eigenvalue weighted by Gasteiger charge is 2.29. The summed E-state index contributed by atoms with van der Waals surface area (Å²) in [5.74, 6) is 0.787. The first-order valence-corrected chi connectivity index (χ1v) is 5.79. The summed E-state index contributed by atoms with van der Waals surface area (Å²) in [6.45, 7) is 4.66. The van der Waals surface area contributed by atoms with Gasteiger partial charge in [-0.05, 0) is 45.0 Å². The van der Waals surface area contributed by atoms with Crippen molar-refractivity contribution >= 4 is 5.69 Å². The van der Waals surface area contributed by atoms with Crippen LogP contribution in [0, 0.1) is 5.92 Å². The normalized spacial score (nSPS) is 25.9. The van der Waals surface area contributed by atoms with Crippen molar-refractivity contribution in [3.63, 3.8) is 0 Å². The van der Waals surface area contributed by atoms with Crippen LogP contribution in [0.3, 0.4) is 0 Å². The van der Waals surface area contributed by atoms with E-state index in [1.807, 2.05) is 7.05 Å². The molecular weight excluding hydrogens is 184 g/mol. The molecular formula is C13H20N2. The average molecular weight is 204 g/mol. The van der Waals surface area contributed by atoms with E-state index in [2.05, 4.69) is 47.5 Å². The van der Waals surface area contributed by atoms with Crippen molar-refractivity contribution < 1.29 is 0 Å². The Morgan fingerprint density at radius 2 is 2.07 bits per heavy atom. The van der Waals surface area contributed by atoms with E-state index in [4.69, 9.17) is 0 Å². The molecule has 82 valence electrons. The number of benzene rings is 1. The second kappa shape index (κ2) is 4.67. The van der Waals surface area contributed by atoms with Gasteiger partial charge in [-0.15, -0.1) is 0 Å².